The zero-order valence-electron chi connectivity index (χ0n) is 10.2. The molecule has 0 heterocycles. The molecular formula is C14H20O2. The molecular weight excluding hydrogens is 200 g/mol. The highest BCUT2D eigenvalue weighted by atomic mass is 16.3. The summed E-state index contributed by atoms with van der Waals surface area (Å²) in [6.07, 6.45) is 0.118. The molecule has 0 radical (unpaired) electrons. The Morgan fingerprint density at radius 3 is 2.25 bits per heavy atom. The van der Waals surface area contributed by atoms with Crippen molar-refractivity contribution in [3.05, 3.63) is 35.9 Å². The van der Waals surface area contributed by atoms with E-state index in [2.05, 4.69) is 0 Å². The summed E-state index contributed by atoms with van der Waals surface area (Å²) in [7, 11) is 0. The molecule has 1 aromatic carbocycles. The van der Waals surface area contributed by atoms with Crippen molar-refractivity contribution in [3.8, 4) is 0 Å². The van der Waals surface area contributed by atoms with Crippen molar-refractivity contribution in [1.82, 2.24) is 0 Å². The van der Waals surface area contributed by atoms with Gasteiger partial charge in [-0.05, 0) is 12.3 Å². The van der Waals surface area contributed by atoms with Crippen LogP contribution in [0.3, 0.4) is 0 Å². The van der Waals surface area contributed by atoms with Crippen LogP contribution in [0, 0.1) is 11.8 Å². The fourth-order valence-corrected chi connectivity index (χ4v) is 1.73. The first-order valence-electron chi connectivity index (χ1n) is 5.79. The number of benzene rings is 1. The van der Waals surface area contributed by atoms with E-state index in [1.165, 1.54) is 0 Å². The summed E-state index contributed by atoms with van der Waals surface area (Å²) in [6, 6.07) is 9.15. The van der Waals surface area contributed by atoms with E-state index in [9.17, 15) is 9.90 Å². The number of Topliss-reactive ketones (excluding diaryl/α,β-unsaturated/α-hetero) is 1. The highest BCUT2D eigenvalue weighted by molar-refractivity contribution is 5.97. The van der Waals surface area contributed by atoms with E-state index in [1.807, 2.05) is 32.0 Å². The number of aliphatic hydroxyl groups excluding tert-OH is 1. The van der Waals surface area contributed by atoms with Gasteiger partial charge in [-0.25, -0.2) is 0 Å². The molecule has 0 amide bonds. The maximum Gasteiger partial charge on any atom is 0.168 e. The minimum atomic E-state index is -0.548. The molecule has 0 aliphatic carbocycles. The normalized spacial score (nSPS) is 14.8. The van der Waals surface area contributed by atoms with Gasteiger partial charge in [-0.15, -0.1) is 0 Å². The van der Waals surface area contributed by atoms with Crippen molar-refractivity contribution in [1.29, 1.82) is 0 Å². The molecule has 2 atom stereocenters. The quantitative estimate of drug-likeness (QED) is 0.775. The maximum absolute atomic E-state index is 12.0. The van der Waals surface area contributed by atoms with Crippen molar-refractivity contribution in [3.63, 3.8) is 0 Å². The Morgan fingerprint density at radius 1 is 1.19 bits per heavy atom. The van der Waals surface area contributed by atoms with Gasteiger partial charge in [-0.2, -0.15) is 0 Å². The lowest BCUT2D eigenvalue weighted by Gasteiger charge is -2.19. The Labute approximate surface area is 97.3 Å². The van der Waals surface area contributed by atoms with Gasteiger partial charge in [0.15, 0.2) is 5.78 Å². The SMILES string of the molecule is CC(C)C[C@@H](O)[C@H](C)C(=O)c1ccccc1. The Kier molecular flexibility index (Phi) is 4.69. The minimum absolute atomic E-state index is 0.0220. The van der Waals surface area contributed by atoms with E-state index in [-0.39, 0.29) is 11.7 Å². The number of carbonyl (C=O) groups excluding carboxylic acids is 1. The predicted molar refractivity (Wildman–Crippen MR) is 65.4 cm³/mol. The van der Waals surface area contributed by atoms with Gasteiger partial charge in [0.1, 0.15) is 0 Å². The molecule has 0 saturated heterocycles. The van der Waals surface area contributed by atoms with Gasteiger partial charge in [-0.3, -0.25) is 4.79 Å². The van der Waals surface area contributed by atoms with Gasteiger partial charge >= 0.3 is 0 Å². The highest BCUT2D eigenvalue weighted by Crippen LogP contribution is 2.17. The van der Waals surface area contributed by atoms with Crippen LogP contribution in [0.25, 0.3) is 0 Å². The summed E-state index contributed by atoms with van der Waals surface area (Å²) >= 11 is 0. The highest BCUT2D eigenvalue weighted by Gasteiger charge is 2.23. The molecule has 0 spiro atoms. The standard InChI is InChI=1S/C14H20O2/c1-10(2)9-13(15)11(3)14(16)12-7-5-4-6-8-12/h4-8,10-11,13,15H,9H2,1-3H3/t11-,13+/m0/s1. The first-order valence-corrected chi connectivity index (χ1v) is 5.79. The molecule has 88 valence electrons. The molecule has 0 saturated carbocycles. The lowest BCUT2D eigenvalue weighted by molar-refractivity contribution is 0.0652. The van der Waals surface area contributed by atoms with Crippen molar-refractivity contribution in [2.24, 2.45) is 11.8 Å². The molecule has 1 aromatic rings. The van der Waals surface area contributed by atoms with Crippen LogP contribution in [-0.4, -0.2) is 17.0 Å². The Morgan fingerprint density at radius 2 is 1.75 bits per heavy atom. The number of rotatable bonds is 5. The van der Waals surface area contributed by atoms with Crippen LogP contribution < -0.4 is 0 Å². The fourth-order valence-electron chi connectivity index (χ4n) is 1.73. The smallest absolute Gasteiger partial charge is 0.168 e. The van der Waals surface area contributed by atoms with Crippen LogP contribution >= 0.6 is 0 Å². The van der Waals surface area contributed by atoms with Gasteiger partial charge in [0.25, 0.3) is 0 Å². The first-order chi connectivity index (χ1) is 7.52. The largest absolute Gasteiger partial charge is 0.392 e. The molecule has 2 nitrogen and oxygen atoms in total. The third kappa shape index (κ3) is 3.46. The molecule has 0 aliphatic rings. The zero-order valence-corrected chi connectivity index (χ0v) is 10.2. The molecule has 0 unspecified atom stereocenters. The number of hydrogen-bond acceptors (Lipinski definition) is 2. The van der Waals surface area contributed by atoms with Crippen LogP contribution in [0.1, 0.15) is 37.6 Å². The number of carbonyl (C=O) groups is 1. The van der Waals surface area contributed by atoms with Crippen molar-refractivity contribution < 1.29 is 9.90 Å². The van der Waals surface area contributed by atoms with Crippen molar-refractivity contribution in [2.45, 2.75) is 33.3 Å². The maximum atomic E-state index is 12.0. The molecule has 2 heteroatoms. The third-order valence-corrected chi connectivity index (χ3v) is 2.76. The first kappa shape index (κ1) is 12.9. The lowest BCUT2D eigenvalue weighted by atomic mass is 9.90. The van der Waals surface area contributed by atoms with E-state index in [1.54, 1.807) is 19.1 Å². The van der Waals surface area contributed by atoms with Gasteiger partial charge in [0.05, 0.1) is 6.10 Å². The number of aliphatic hydroxyl groups is 1. The lowest BCUT2D eigenvalue weighted by Crippen LogP contribution is -2.27. The monoisotopic (exact) mass is 220 g/mol. The summed E-state index contributed by atoms with van der Waals surface area (Å²) in [5, 5.41) is 9.90. The van der Waals surface area contributed by atoms with Crippen LogP contribution in [-0.2, 0) is 0 Å². The summed E-state index contributed by atoms with van der Waals surface area (Å²) < 4.78 is 0. The molecule has 1 rings (SSSR count). The van der Waals surface area contributed by atoms with Crippen LogP contribution in [0.15, 0.2) is 30.3 Å². The molecule has 0 aliphatic heterocycles. The van der Waals surface area contributed by atoms with E-state index in [4.69, 9.17) is 0 Å². The van der Waals surface area contributed by atoms with E-state index in [0.717, 1.165) is 0 Å². The van der Waals surface area contributed by atoms with E-state index >= 15 is 0 Å². The number of hydrogen-bond donors (Lipinski definition) is 1. The van der Waals surface area contributed by atoms with Crippen LogP contribution in [0.5, 0.6) is 0 Å². The Balaban J connectivity index is 2.67. The Hall–Kier alpha value is -1.15. The summed E-state index contributed by atoms with van der Waals surface area (Å²) in [5.41, 5.74) is 0.679. The molecule has 16 heavy (non-hydrogen) atoms. The molecule has 0 aromatic heterocycles. The van der Waals surface area contributed by atoms with Crippen LogP contribution in [0.2, 0.25) is 0 Å². The molecule has 0 fully saturated rings. The Bertz CT molecular complexity index is 330. The van der Waals surface area contributed by atoms with Crippen molar-refractivity contribution >= 4 is 5.78 Å². The second-order valence-electron chi connectivity index (χ2n) is 4.72. The van der Waals surface area contributed by atoms with Crippen LogP contribution in [0.4, 0.5) is 0 Å². The van der Waals surface area contributed by atoms with Gasteiger partial charge in [0, 0.05) is 11.5 Å². The van der Waals surface area contributed by atoms with Gasteiger partial charge < -0.3 is 5.11 Å². The van der Waals surface area contributed by atoms with Gasteiger partial charge in [0.2, 0.25) is 0 Å². The summed E-state index contributed by atoms with van der Waals surface area (Å²) in [5.74, 6) is 0.0968. The third-order valence-electron chi connectivity index (χ3n) is 2.76. The molecule has 0 bridgehead atoms. The molecule has 1 N–H and O–H groups in total. The zero-order chi connectivity index (χ0) is 12.1. The minimum Gasteiger partial charge on any atom is -0.392 e. The fraction of sp³-hybridized carbons (Fsp3) is 0.500. The average Bonchev–Trinajstić information content (AvgIpc) is 2.27. The predicted octanol–water partition coefficient (Wildman–Crippen LogP) is 2.91. The topological polar surface area (TPSA) is 37.3 Å². The summed E-state index contributed by atoms with van der Waals surface area (Å²) in [6.45, 7) is 5.88. The number of ketones is 1. The average molecular weight is 220 g/mol. The summed E-state index contributed by atoms with van der Waals surface area (Å²) in [4.78, 5) is 12.0. The van der Waals surface area contributed by atoms with E-state index in [0.29, 0.717) is 17.9 Å². The van der Waals surface area contributed by atoms with Crippen molar-refractivity contribution in [2.75, 3.05) is 0 Å². The second-order valence-corrected chi connectivity index (χ2v) is 4.72. The second kappa shape index (κ2) is 5.80. The van der Waals surface area contributed by atoms with E-state index < -0.39 is 6.10 Å². The van der Waals surface area contributed by atoms with Gasteiger partial charge in [-0.1, -0.05) is 51.1 Å².